The fraction of sp³-hybridized carbons (Fsp3) is 0.381. The second kappa shape index (κ2) is 9.17. The lowest BCUT2D eigenvalue weighted by atomic mass is 10.00. The van der Waals surface area contributed by atoms with Gasteiger partial charge in [0.05, 0.1) is 12.6 Å². The summed E-state index contributed by atoms with van der Waals surface area (Å²) >= 11 is 0. The van der Waals surface area contributed by atoms with Gasteiger partial charge in [0.1, 0.15) is 6.10 Å². The molecule has 0 unspecified atom stereocenters. The molecule has 0 saturated carbocycles. The summed E-state index contributed by atoms with van der Waals surface area (Å²) in [5, 5.41) is 0. The maximum atomic E-state index is 13.0. The SMILES string of the molecule is CC(C)[C@H]1CN(C(=O)c2cccc(CN)c2)C[C@@H](c2ccccc2)O1.Cl. The minimum Gasteiger partial charge on any atom is -0.366 e. The first kappa shape index (κ1) is 20.4. The van der Waals surface area contributed by atoms with Crippen molar-refractivity contribution in [1.82, 2.24) is 4.90 Å². The number of halogens is 1. The summed E-state index contributed by atoms with van der Waals surface area (Å²) in [5.74, 6) is 0.391. The van der Waals surface area contributed by atoms with Gasteiger partial charge < -0.3 is 15.4 Å². The van der Waals surface area contributed by atoms with E-state index in [1.807, 2.05) is 47.4 Å². The molecule has 4 nitrogen and oxygen atoms in total. The Hall–Kier alpha value is -1.88. The molecule has 1 aliphatic rings. The van der Waals surface area contributed by atoms with Gasteiger partial charge in [-0.25, -0.2) is 0 Å². The molecule has 140 valence electrons. The van der Waals surface area contributed by atoms with E-state index < -0.39 is 0 Å². The van der Waals surface area contributed by atoms with Crippen LogP contribution in [0.4, 0.5) is 0 Å². The van der Waals surface area contributed by atoms with E-state index >= 15 is 0 Å². The van der Waals surface area contributed by atoms with Crippen LogP contribution in [0.5, 0.6) is 0 Å². The van der Waals surface area contributed by atoms with Crippen molar-refractivity contribution in [2.45, 2.75) is 32.6 Å². The molecule has 1 amide bonds. The standard InChI is InChI=1S/C21H26N2O2.ClH/c1-15(2)19-13-23(14-20(25-19)17-8-4-3-5-9-17)21(24)18-10-6-7-16(11-18)12-22;/h3-11,15,19-20H,12-14,22H2,1-2H3;1H/t19-,20+;/m1./s1. The van der Waals surface area contributed by atoms with Gasteiger partial charge in [0, 0.05) is 18.7 Å². The van der Waals surface area contributed by atoms with E-state index in [0.717, 1.165) is 11.1 Å². The largest absolute Gasteiger partial charge is 0.366 e. The second-order valence-electron chi connectivity index (χ2n) is 6.93. The zero-order valence-electron chi connectivity index (χ0n) is 15.3. The van der Waals surface area contributed by atoms with E-state index in [4.69, 9.17) is 10.5 Å². The number of carbonyl (C=O) groups excluding carboxylic acids is 1. The highest BCUT2D eigenvalue weighted by Gasteiger charge is 2.33. The van der Waals surface area contributed by atoms with Gasteiger partial charge in [0.25, 0.3) is 5.91 Å². The average molecular weight is 375 g/mol. The number of carbonyl (C=O) groups is 1. The number of benzene rings is 2. The minimum atomic E-state index is -0.0935. The van der Waals surface area contributed by atoms with Crippen molar-refractivity contribution < 1.29 is 9.53 Å². The normalized spacial score (nSPS) is 19.9. The third-order valence-electron chi connectivity index (χ3n) is 4.74. The number of nitrogens with zero attached hydrogens (tertiary/aromatic N) is 1. The highest BCUT2D eigenvalue weighted by molar-refractivity contribution is 5.94. The van der Waals surface area contributed by atoms with Crippen molar-refractivity contribution in [2.75, 3.05) is 13.1 Å². The summed E-state index contributed by atoms with van der Waals surface area (Å²) in [4.78, 5) is 15.0. The fourth-order valence-corrected chi connectivity index (χ4v) is 3.19. The number of ether oxygens (including phenoxy) is 1. The van der Waals surface area contributed by atoms with Crippen molar-refractivity contribution in [3.63, 3.8) is 0 Å². The molecule has 1 aliphatic heterocycles. The van der Waals surface area contributed by atoms with Crippen LogP contribution in [0.3, 0.4) is 0 Å². The summed E-state index contributed by atoms with van der Waals surface area (Å²) in [6.07, 6.45) is -0.0652. The molecule has 0 bridgehead atoms. The van der Waals surface area contributed by atoms with Gasteiger partial charge in [-0.15, -0.1) is 12.4 Å². The number of hydrogen-bond donors (Lipinski definition) is 1. The van der Waals surface area contributed by atoms with Crippen LogP contribution >= 0.6 is 12.4 Å². The molecule has 5 heteroatoms. The Kier molecular flexibility index (Phi) is 7.21. The van der Waals surface area contributed by atoms with Gasteiger partial charge >= 0.3 is 0 Å². The summed E-state index contributed by atoms with van der Waals surface area (Å²) in [7, 11) is 0. The average Bonchev–Trinajstić information content (AvgIpc) is 2.67. The predicted molar refractivity (Wildman–Crippen MR) is 106 cm³/mol. The summed E-state index contributed by atoms with van der Waals surface area (Å²) in [6, 6.07) is 17.7. The number of rotatable bonds is 4. The second-order valence-corrected chi connectivity index (χ2v) is 6.93. The lowest BCUT2D eigenvalue weighted by Gasteiger charge is -2.40. The minimum absolute atomic E-state index is 0. The van der Waals surface area contributed by atoms with E-state index in [1.165, 1.54) is 0 Å². The molecule has 0 spiro atoms. The Morgan fingerprint density at radius 3 is 2.54 bits per heavy atom. The summed E-state index contributed by atoms with van der Waals surface area (Å²) in [6.45, 7) is 5.89. The molecule has 0 aliphatic carbocycles. The van der Waals surface area contributed by atoms with Crippen molar-refractivity contribution in [2.24, 2.45) is 11.7 Å². The van der Waals surface area contributed by atoms with E-state index in [2.05, 4.69) is 26.0 Å². The van der Waals surface area contributed by atoms with Crippen molar-refractivity contribution in [1.29, 1.82) is 0 Å². The molecule has 1 fully saturated rings. The zero-order valence-corrected chi connectivity index (χ0v) is 16.1. The highest BCUT2D eigenvalue weighted by Crippen LogP contribution is 2.29. The van der Waals surface area contributed by atoms with Crippen molar-refractivity contribution >= 4 is 18.3 Å². The van der Waals surface area contributed by atoms with E-state index in [0.29, 0.717) is 31.1 Å². The highest BCUT2D eigenvalue weighted by atomic mass is 35.5. The zero-order chi connectivity index (χ0) is 17.8. The smallest absolute Gasteiger partial charge is 0.254 e. The fourth-order valence-electron chi connectivity index (χ4n) is 3.19. The van der Waals surface area contributed by atoms with Crippen LogP contribution in [-0.4, -0.2) is 30.0 Å². The molecule has 1 heterocycles. The van der Waals surface area contributed by atoms with E-state index in [1.54, 1.807) is 0 Å². The first-order chi connectivity index (χ1) is 12.1. The molecule has 2 aromatic carbocycles. The number of morpholine rings is 1. The third kappa shape index (κ3) is 4.64. The molecule has 2 N–H and O–H groups in total. The van der Waals surface area contributed by atoms with Crippen LogP contribution in [0.15, 0.2) is 54.6 Å². The van der Waals surface area contributed by atoms with Crippen LogP contribution in [-0.2, 0) is 11.3 Å². The lowest BCUT2D eigenvalue weighted by Crippen LogP contribution is -2.48. The van der Waals surface area contributed by atoms with Gasteiger partial charge in [-0.1, -0.05) is 56.3 Å². The van der Waals surface area contributed by atoms with Gasteiger partial charge in [0.15, 0.2) is 0 Å². The Morgan fingerprint density at radius 2 is 1.88 bits per heavy atom. The molecule has 0 aromatic heterocycles. The molecule has 1 saturated heterocycles. The predicted octanol–water partition coefficient (Wildman–Crippen LogP) is 3.81. The first-order valence-electron chi connectivity index (χ1n) is 8.87. The molecular formula is C21H27ClN2O2. The van der Waals surface area contributed by atoms with Crippen LogP contribution < -0.4 is 5.73 Å². The Labute approximate surface area is 161 Å². The number of hydrogen-bond acceptors (Lipinski definition) is 3. The first-order valence-corrected chi connectivity index (χ1v) is 8.87. The quantitative estimate of drug-likeness (QED) is 0.885. The van der Waals surface area contributed by atoms with E-state index in [9.17, 15) is 4.79 Å². The lowest BCUT2D eigenvalue weighted by molar-refractivity contribution is -0.0954. The van der Waals surface area contributed by atoms with Crippen LogP contribution in [0.25, 0.3) is 0 Å². The Balaban J connectivity index is 0.00000243. The Morgan fingerprint density at radius 1 is 1.15 bits per heavy atom. The summed E-state index contributed by atoms with van der Waals surface area (Å²) in [5.41, 5.74) is 8.49. The van der Waals surface area contributed by atoms with Crippen molar-refractivity contribution in [3.05, 3.63) is 71.3 Å². The van der Waals surface area contributed by atoms with Crippen LogP contribution in [0.1, 0.15) is 41.4 Å². The van der Waals surface area contributed by atoms with Crippen LogP contribution in [0.2, 0.25) is 0 Å². The van der Waals surface area contributed by atoms with Gasteiger partial charge in [-0.3, -0.25) is 4.79 Å². The molecule has 3 rings (SSSR count). The topological polar surface area (TPSA) is 55.6 Å². The number of amides is 1. The maximum Gasteiger partial charge on any atom is 0.254 e. The third-order valence-corrected chi connectivity index (χ3v) is 4.74. The molecular weight excluding hydrogens is 348 g/mol. The van der Waals surface area contributed by atoms with E-state index in [-0.39, 0.29) is 30.5 Å². The molecule has 2 atom stereocenters. The maximum absolute atomic E-state index is 13.0. The molecule has 2 aromatic rings. The van der Waals surface area contributed by atoms with Gasteiger partial charge in [0.2, 0.25) is 0 Å². The monoisotopic (exact) mass is 374 g/mol. The van der Waals surface area contributed by atoms with Gasteiger partial charge in [-0.05, 0) is 29.2 Å². The molecule has 26 heavy (non-hydrogen) atoms. The number of nitrogens with two attached hydrogens (primary N) is 1. The summed E-state index contributed by atoms with van der Waals surface area (Å²) < 4.78 is 6.28. The van der Waals surface area contributed by atoms with Gasteiger partial charge in [-0.2, -0.15) is 0 Å². The van der Waals surface area contributed by atoms with Crippen molar-refractivity contribution in [3.8, 4) is 0 Å². The molecule has 0 radical (unpaired) electrons. The van der Waals surface area contributed by atoms with Crippen LogP contribution in [0, 0.1) is 5.92 Å². The Bertz CT molecular complexity index is 721.